The number of carboxylic acid groups (broad SMARTS) is 2. The molecule has 14 nitrogen and oxygen atoms in total. The highest BCUT2D eigenvalue weighted by Gasteiger charge is 2.20. The molecule has 8 N–H and O–H groups in total. The second-order valence-corrected chi connectivity index (χ2v) is 12.2. The molecule has 0 saturated carbocycles. The van der Waals surface area contributed by atoms with Crippen LogP contribution in [0.3, 0.4) is 0 Å². The van der Waals surface area contributed by atoms with Gasteiger partial charge in [0.1, 0.15) is 22.7 Å². The van der Waals surface area contributed by atoms with E-state index >= 15 is 0 Å². The molecule has 0 amide bonds. The Bertz CT molecular complexity index is 1820. The predicted molar refractivity (Wildman–Crippen MR) is 152 cm³/mol. The quantitative estimate of drug-likeness (QED) is 0.142. The molecule has 0 saturated heterocycles. The van der Waals surface area contributed by atoms with E-state index in [0.29, 0.717) is 16.5 Å². The van der Waals surface area contributed by atoms with Crippen molar-refractivity contribution in [1.82, 2.24) is 0 Å². The number of sulfonamides is 2. The number of nitrogens with one attached hydrogen (secondary N) is 2. The third kappa shape index (κ3) is 8.72. The van der Waals surface area contributed by atoms with E-state index in [1.165, 1.54) is 30.7 Å². The summed E-state index contributed by atoms with van der Waals surface area (Å²) < 4.78 is 55.4. The van der Waals surface area contributed by atoms with Gasteiger partial charge in [0.2, 0.25) is 20.0 Å². The number of furan rings is 2. The van der Waals surface area contributed by atoms with E-state index in [2.05, 4.69) is 10.6 Å². The lowest BCUT2D eigenvalue weighted by Gasteiger charge is -2.11. The van der Waals surface area contributed by atoms with E-state index in [4.69, 9.17) is 52.5 Å². The number of anilines is 2. The first-order chi connectivity index (χ1) is 19.6. The molecule has 0 aliphatic carbocycles. The number of aromatic carboxylic acids is 2. The Morgan fingerprint density at radius 2 is 1.40 bits per heavy atom. The highest BCUT2D eigenvalue weighted by molar-refractivity contribution is 7.89. The minimum absolute atomic E-state index is 0.163. The molecule has 18 heteroatoms. The molecule has 0 spiro atoms. The van der Waals surface area contributed by atoms with Crippen molar-refractivity contribution in [3.8, 4) is 0 Å². The zero-order chi connectivity index (χ0) is 31.2. The van der Waals surface area contributed by atoms with Crippen molar-refractivity contribution >= 4 is 66.6 Å². The van der Waals surface area contributed by atoms with Gasteiger partial charge < -0.3 is 29.7 Å². The lowest BCUT2D eigenvalue weighted by atomic mass is 10.1. The van der Waals surface area contributed by atoms with Crippen LogP contribution >= 0.6 is 23.2 Å². The maximum Gasteiger partial charge on any atom is 0.337 e. The fourth-order valence-corrected chi connectivity index (χ4v) is 5.16. The van der Waals surface area contributed by atoms with Crippen molar-refractivity contribution in [2.24, 2.45) is 10.3 Å². The molecule has 4 aromatic rings. The van der Waals surface area contributed by atoms with Gasteiger partial charge in [-0.2, -0.15) is 0 Å². The number of primary sulfonamides is 2. The minimum atomic E-state index is -4.11. The van der Waals surface area contributed by atoms with E-state index in [1.807, 2.05) is 0 Å². The first-order valence-corrected chi connectivity index (χ1v) is 15.1. The number of halogens is 2. The SMILES string of the molecule is NS(=O)(=O)c1cc(C(=O)O)c(NCc2ccco2)cc1Cl.NS(=O)(=O)c1ccc(NCc2cc(Cl)co2)c(C(=O)O)c1. The number of carboxylic acids is 2. The molecule has 0 atom stereocenters. The van der Waals surface area contributed by atoms with Crippen LogP contribution in [-0.4, -0.2) is 39.0 Å². The third-order valence-electron chi connectivity index (χ3n) is 5.27. The summed E-state index contributed by atoms with van der Waals surface area (Å²) in [5.41, 5.74) is -0.0621. The number of hydrogen-bond donors (Lipinski definition) is 6. The Morgan fingerprint density at radius 3 is 1.93 bits per heavy atom. The molecule has 0 aliphatic heterocycles. The molecule has 42 heavy (non-hydrogen) atoms. The van der Waals surface area contributed by atoms with Gasteiger partial charge in [-0.1, -0.05) is 23.2 Å². The molecule has 2 aromatic carbocycles. The second kappa shape index (κ2) is 13.3. The van der Waals surface area contributed by atoms with Crippen molar-refractivity contribution in [1.29, 1.82) is 0 Å². The average molecular weight is 661 g/mol. The number of rotatable bonds is 10. The number of nitrogens with two attached hydrogens (primary N) is 2. The summed E-state index contributed by atoms with van der Waals surface area (Å²) in [5, 5.41) is 34.2. The molecule has 224 valence electrons. The van der Waals surface area contributed by atoms with Gasteiger partial charge in [-0.3, -0.25) is 0 Å². The summed E-state index contributed by atoms with van der Waals surface area (Å²) in [6.07, 6.45) is 2.83. The van der Waals surface area contributed by atoms with E-state index in [-0.39, 0.29) is 45.5 Å². The maximum absolute atomic E-state index is 11.3. The van der Waals surface area contributed by atoms with Crippen molar-refractivity contribution in [3.05, 3.63) is 93.7 Å². The van der Waals surface area contributed by atoms with Crippen LogP contribution in [0.5, 0.6) is 0 Å². The molecule has 0 bridgehead atoms. The van der Waals surface area contributed by atoms with Crippen molar-refractivity contribution in [2.45, 2.75) is 22.9 Å². The zero-order valence-corrected chi connectivity index (χ0v) is 24.2. The van der Waals surface area contributed by atoms with E-state index in [1.54, 1.807) is 18.2 Å². The number of benzene rings is 2. The smallest absolute Gasteiger partial charge is 0.337 e. The Labute approximate surface area is 248 Å². The van der Waals surface area contributed by atoms with Crippen LogP contribution < -0.4 is 20.9 Å². The average Bonchev–Trinajstić information content (AvgIpc) is 3.56. The molecule has 0 unspecified atom stereocenters. The largest absolute Gasteiger partial charge is 0.478 e. The molecule has 0 aliphatic rings. The maximum atomic E-state index is 11.3. The lowest BCUT2D eigenvalue weighted by molar-refractivity contribution is 0.0686. The van der Waals surface area contributed by atoms with E-state index < -0.39 is 36.9 Å². The summed E-state index contributed by atoms with van der Waals surface area (Å²) in [4.78, 5) is 21.7. The molecule has 2 heterocycles. The fraction of sp³-hybridized carbons (Fsp3) is 0.0833. The van der Waals surface area contributed by atoms with Crippen molar-refractivity contribution in [2.75, 3.05) is 10.6 Å². The molecule has 0 fully saturated rings. The van der Waals surface area contributed by atoms with Crippen LogP contribution in [0, 0.1) is 0 Å². The van der Waals surface area contributed by atoms with E-state index in [9.17, 15) is 26.4 Å². The third-order valence-corrected chi connectivity index (χ3v) is 7.75. The molecule has 4 rings (SSSR count). The monoisotopic (exact) mass is 660 g/mol. The lowest BCUT2D eigenvalue weighted by Crippen LogP contribution is -2.15. The van der Waals surface area contributed by atoms with Crippen LogP contribution in [0.2, 0.25) is 10.0 Å². The van der Waals surface area contributed by atoms with Gasteiger partial charge in [-0.05, 0) is 42.5 Å². The summed E-state index contributed by atoms with van der Waals surface area (Å²) >= 11 is 11.5. The Morgan fingerprint density at radius 1 is 0.786 bits per heavy atom. The Kier molecular flexibility index (Phi) is 10.3. The zero-order valence-electron chi connectivity index (χ0n) is 21.1. The summed E-state index contributed by atoms with van der Waals surface area (Å²) in [5.74, 6) is -1.50. The summed E-state index contributed by atoms with van der Waals surface area (Å²) in [6, 6.07) is 10.6. The highest BCUT2D eigenvalue weighted by Crippen LogP contribution is 2.29. The minimum Gasteiger partial charge on any atom is -0.478 e. The normalized spacial score (nSPS) is 11.3. The Balaban J connectivity index is 0.000000230. The van der Waals surface area contributed by atoms with Gasteiger partial charge in [0.15, 0.2) is 0 Å². The summed E-state index contributed by atoms with van der Waals surface area (Å²) in [7, 11) is -8.07. The molecular formula is C24H22Cl2N4O10S2. The number of carbonyl (C=O) groups is 2. The Hall–Kier alpha value is -4.06. The van der Waals surface area contributed by atoms with Gasteiger partial charge in [-0.25, -0.2) is 36.7 Å². The van der Waals surface area contributed by atoms with Crippen LogP contribution in [0.1, 0.15) is 32.2 Å². The standard InChI is InChI=1S/2C12H11ClN2O5S/c13-7-3-8(20-6-7)5-15-11-2-1-9(21(14,18)19)4-10(11)12(16)17;13-9-5-10(15-6-7-2-1-3-20-7)8(12(16)17)4-11(9)21(14,18)19/h1-4,6,15H,5H2,(H,16,17)(H2,14,18,19);1-5,15H,6H2,(H,16,17)(H2,14,18,19). The highest BCUT2D eigenvalue weighted by atomic mass is 35.5. The van der Waals surface area contributed by atoms with Crippen molar-refractivity contribution < 1.29 is 45.5 Å². The predicted octanol–water partition coefficient (Wildman–Crippen LogP) is 3.78. The fourth-order valence-electron chi connectivity index (χ4n) is 3.35. The molecular weight excluding hydrogens is 639 g/mol. The van der Waals surface area contributed by atoms with Gasteiger partial charge in [-0.15, -0.1) is 0 Å². The van der Waals surface area contributed by atoms with Gasteiger partial charge >= 0.3 is 11.9 Å². The van der Waals surface area contributed by atoms with E-state index in [0.717, 1.165) is 12.1 Å². The first-order valence-electron chi connectivity index (χ1n) is 11.3. The van der Waals surface area contributed by atoms with Gasteiger partial charge in [0.05, 0.1) is 51.1 Å². The van der Waals surface area contributed by atoms with Crippen molar-refractivity contribution in [3.63, 3.8) is 0 Å². The number of hydrogen-bond acceptors (Lipinski definition) is 10. The van der Waals surface area contributed by atoms with Gasteiger partial charge in [0, 0.05) is 11.8 Å². The van der Waals surface area contributed by atoms with Crippen LogP contribution in [0.4, 0.5) is 11.4 Å². The molecule has 2 aromatic heterocycles. The topological polar surface area (TPSA) is 245 Å². The summed E-state index contributed by atoms with van der Waals surface area (Å²) in [6.45, 7) is 0.417. The van der Waals surface area contributed by atoms with Crippen LogP contribution in [0.15, 0.2) is 79.7 Å². The van der Waals surface area contributed by atoms with Crippen LogP contribution in [0.25, 0.3) is 0 Å². The van der Waals surface area contributed by atoms with Crippen LogP contribution in [-0.2, 0) is 33.1 Å². The molecule has 0 radical (unpaired) electrons. The van der Waals surface area contributed by atoms with Gasteiger partial charge in [0.25, 0.3) is 0 Å². The second-order valence-electron chi connectivity index (χ2n) is 8.25. The first kappa shape index (κ1) is 32.5.